The molecule has 4 rings (SSSR count). The van der Waals surface area contributed by atoms with Gasteiger partial charge in [0.05, 0.1) is 23.6 Å². The maximum absolute atomic E-state index is 13.5. The number of thiocarbonyl (C=S) groups is 1. The fourth-order valence-electron chi connectivity index (χ4n) is 6.36. The van der Waals surface area contributed by atoms with Crippen LogP contribution < -0.4 is 10.2 Å². The van der Waals surface area contributed by atoms with Gasteiger partial charge in [-0.05, 0) is 96.8 Å². The Morgan fingerprint density at radius 3 is 2.42 bits per heavy atom. The van der Waals surface area contributed by atoms with Crippen LogP contribution in [0.25, 0.3) is 0 Å². The molecule has 1 unspecified atom stereocenters. The number of carbonyl (C=O) groups excluding carboxylic acids is 1. The van der Waals surface area contributed by atoms with E-state index in [1.165, 1.54) is 18.9 Å². The molecule has 1 aromatic rings. The van der Waals surface area contributed by atoms with Crippen molar-refractivity contribution in [2.45, 2.75) is 109 Å². The van der Waals surface area contributed by atoms with Crippen LogP contribution in [0.2, 0.25) is 0 Å². The molecule has 3 aliphatic rings. The van der Waals surface area contributed by atoms with E-state index in [0.29, 0.717) is 18.0 Å². The second-order valence-electron chi connectivity index (χ2n) is 11.4. The lowest BCUT2D eigenvalue weighted by molar-refractivity contribution is -0.138. The zero-order valence-corrected chi connectivity index (χ0v) is 23.2. The number of nitriles is 1. The summed E-state index contributed by atoms with van der Waals surface area (Å²) in [4.78, 5) is 20.1. The number of aromatic nitrogens is 1. The molecule has 1 amide bonds. The Labute approximate surface area is 227 Å². The molecular weight excluding hydrogens is 515 g/mol. The highest BCUT2D eigenvalue weighted by Crippen LogP contribution is 2.40. The SMILES string of the molecule is C[C@@H]1CC(CCO[C@H]2CC[C@H](N3C(=S)N(c4cnc(C#N)c(C(F)(F)F)c4)C(=O)C3(C)C)CC2)C[C@H](C)N1. The minimum atomic E-state index is -4.78. The highest BCUT2D eigenvalue weighted by atomic mass is 32.1. The number of carbonyl (C=O) groups is 1. The first-order valence-electron chi connectivity index (χ1n) is 13.4. The lowest BCUT2D eigenvalue weighted by atomic mass is 9.87. The van der Waals surface area contributed by atoms with Crippen molar-refractivity contribution >= 4 is 28.9 Å². The number of hydrogen-bond acceptors (Lipinski definition) is 6. The number of hydrogen-bond donors (Lipinski definition) is 1. The number of piperidine rings is 1. The zero-order valence-electron chi connectivity index (χ0n) is 22.3. The van der Waals surface area contributed by atoms with Gasteiger partial charge in [0, 0.05) is 24.7 Å². The third kappa shape index (κ3) is 5.82. The maximum atomic E-state index is 13.5. The van der Waals surface area contributed by atoms with Crippen LogP contribution in [0.3, 0.4) is 0 Å². The summed E-state index contributed by atoms with van der Waals surface area (Å²) in [5.74, 6) is 0.262. The third-order valence-corrected chi connectivity index (χ3v) is 8.48. The van der Waals surface area contributed by atoms with Crippen LogP contribution in [0.5, 0.6) is 0 Å². The normalized spacial score (nSPS) is 30.0. The van der Waals surface area contributed by atoms with E-state index in [4.69, 9.17) is 22.2 Å². The number of halogens is 3. The smallest absolute Gasteiger partial charge is 0.378 e. The molecule has 0 aromatic carbocycles. The number of anilines is 1. The summed E-state index contributed by atoms with van der Waals surface area (Å²) in [7, 11) is 0. The summed E-state index contributed by atoms with van der Waals surface area (Å²) in [6, 6.07) is 3.30. The van der Waals surface area contributed by atoms with Gasteiger partial charge in [-0.3, -0.25) is 9.69 Å². The number of nitrogens with zero attached hydrogens (tertiary/aromatic N) is 4. The molecular formula is C27H36F3N5O2S. The van der Waals surface area contributed by atoms with E-state index < -0.39 is 28.9 Å². The molecule has 208 valence electrons. The first kappa shape index (κ1) is 28.7. The minimum absolute atomic E-state index is 0.0224. The number of rotatable bonds is 6. The standard InChI is InChI=1S/C27H36F3N5O2S/c1-16-11-18(12-17(2)33-16)9-10-37-21-7-5-19(6-8-21)35-25(38)34(24(36)26(35,3)4)20-13-22(27(28,29)30)23(14-31)32-15-20/h13,15-19,21,33H,5-12H2,1-4H3/t16-,17+,18?,19-,21-. The largest absolute Gasteiger partial charge is 0.419 e. The summed E-state index contributed by atoms with van der Waals surface area (Å²) in [6.07, 6.45) is 3.10. The van der Waals surface area contributed by atoms with Gasteiger partial charge < -0.3 is 15.0 Å². The molecule has 1 aliphatic carbocycles. The van der Waals surface area contributed by atoms with Crippen molar-refractivity contribution in [1.29, 1.82) is 5.26 Å². The lowest BCUT2D eigenvalue weighted by Crippen LogP contribution is -2.51. The zero-order chi connectivity index (χ0) is 27.8. The first-order valence-corrected chi connectivity index (χ1v) is 13.8. The van der Waals surface area contributed by atoms with Crippen molar-refractivity contribution < 1.29 is 22.7 Å². The van der Waals surface area contributed by atoms with Crippen LogP contribution >= 0.6 is 12.2 Å². The molecule has 38 heavy (non-hydrogen) atoms. The van der Waals surface area contributed by atoms with Gasteiger partial charge in [-0.1, -0.05) is 0 Å². The topological polar surface area (TPSA) is 81.5 Å². The van der Waals surface area contributed by atoms with Crippen LogP contribution in [0.15, 0.2) is 12.3 Å². The molecule has 2 saturated heterocycles. The number of pyridine rings is 1. The van der Waals surface area contributed by atoms with Crippen LogP contribution in [-0.4, -0.2) is 57.3 Å². The number of amides is 1. The summed E-state index contributed by atoms with van der Waals surface area (Å²) >= 11 is 5.66. The van der Waals surface area contributed by atoms with E-state index in [9.17, 15) is 18.0 Å². The lowest BCUT2D eigenvalue weighted by Gasteiger charge is -2.41. The van der Waals surface area contributed by atoms with Crippen molar-refractivity contribution in [2.75, 3.05) is 11.5 Å². The monoisotopic (exact) mass is 551 g/mol. The summed E-state index contributed by atoms with van der Waals surface area (Å²) in [5, 5.41) is 12.8. The molecule has 1 saturated carbocycles. The van der Waals surface area contributed by atoms with Crippen molar-refractivity contribution in [2.24, 2.45) is 5.92 Å². The molecule has 0 spiro atoms. The highest BCUT2D eigenvalue weighted by Gasteiger charge is 2.52. The Bertz CT molecular complexity index is 1090. The second kappa shape index (κ2) is 11.1. The van der Waals surface area contributed by atoms with Crippen LogP contribution in [0.4, 0.5) is 18.9 Å². The molecule has 0 bridgehead atoms. The molecule has 1 aromatic heterocycles. The van der Waals surface area contributed by atoms with Crippen LogP contribution in [-0.2, 0) is 15.7 Å². The molecule has 7 nitrogen and oxygen atoms in total. The Balaban J connectivity index is 1.39. The fourth-order valence-corrected chi connectivity index (χ4v) is 6.92. The van der Waals surface area contributed by atoms with Gasteiger partial charge in [0.15, 0.2) is 10.8 Å². The van der Waals surface area contributed by atoms with Crippen molar-refractivity contribution in [1.82, 2.24) is 15.2 Å². The van der Waals surface area contributed by atoms with Crippen molar-refractivity contribution in [3.8, 4) is 6.07 Å². The van der Waals surface area contributed by atoms with E-state index >= 15 is 0 Å². The van der Waals surface area contributed by atoms with Crippen molar-refractivity contribution in [3.63, 3.8) is 0 Å². The molecule has 0 radical (unpaired) electrons. The quantitative estimate of drug-likeness (QED) is 0.488. The van der Waals surface area contributed by atoms with Gasteiger partial charge in [-0.2, -0.15) is 18.4 Å². The Hall–Kier alpha value is -2.29. The summed E-state index contributed by atoms with van der Waals surface area (Å²) in [6.45, 7) is 8.69. The van der Waals surface area contributed by atoms with E-state index in [1.54, 1.807) is 13.8 Å². The molecule has 11 heteroatoms. The predicted octanol–water partition coefficient (Wildman–Crippen LogP) is 5.18. The summed E-state index contributed by atoms with van der Waals surface area (Å²) < 4.78 is 46.8. The maximum Gasteiger partial charge on any atom is 0.419 e. The molecule has 1 N–H and O–H groups in total. The second-order valence-corrected chi connectivity index (χ2v) is 11.8. The predicted molar refractivity (Wildman–Crippen MR) is 141 cm³/mol. The number of ether oxygens (including phenoxy) is 1. The van der Waals surface area contributed by atoms with E-state index in [2.05, 4.69) is 24.1 Å². The van der Waals surface area contributed by atoms with Gasteiger partial charge in [0.25, 0.3) is 5.91 Å². The molecule has 3 heterocycles. The van der Waals surface area contributed by atoms with Gasteiger partial charge >= 0.3 is 6.18 Å². The molecule has 3 fully saturated rings. The molecule has 2 aliphatic heterocycles. The molecule has 3 atom stereocenters. The van der Waals surface area contributed by atoms with Crippen LogP contribution in [0, 0.1) is 17.2 Å². The third-order valence-electron chi connectivity index (χ3n) is 8.10. The Kier molecular flexibility index (Phi) is 8.36. The highest BCUT2D eigenvalue weighted by molar-refractivity contribution is 7.80. The fraction of sp³-hybridized carbons (Fsp3) is 0.704. The Morgan fingerprint density at radius 1 is 1.21 bits per heavy atom. The van der Waals surface area contributed by atoms with E-state index in [-0.39, 0.29) is 22.9 Å². The van der Waals surface area contributed by atoms with Crippen LogP contribution in [0.1, 0.15) is 83.9 Å². The van der Waals surface area contributed by atoms with E-state index in [0.717, 1.165) is 55.9 Å². The first-order chi connectivity index (χ1) is 17.8. The van der Waals surface area contributed by atoms with Gasteiger partial charge in [0.2, 0.25) is 0 Å². The van der Waals surface area contributed by atoms with Gasteiger partial charge in [-0.25, -0.2) is 4.98 Å². The van der Waals surface area contributed by atoms with Crippen molar-refractivity contribution in [3.05, 3.63) is 23.5 Å². The van der Waals surface area contributed by atoms with Gasteiger partial charge in [-0.15, -0.1) is 0 Å². The average Bonchev–Trinajstić information content (AvgIpc) is 3.01. The van der Waals surface area contributed by atoms with Gasteiger partial charge in [0.1, 0.15) is 11.6 Å². The Morgan fingerprint density at radius 2 is 1.84 bits per heavy atom. The minimum Gasteiger partial charge on any atom is -0.378 e. The van der Waals surface area contributed by atoms with E-state index in [1.807, 2.05) is 4.90 Å². The number of nitrogens with one attached hydrogen (secondary N) is 1. The number of alkyl halides is 3. The summed E-state index contributed by atoms with van der Waals surface area (Å²) in [5.41, 5.74) is -3.03. The average molecular weight is 552 g/mol.